The average molecular weight is 269 g/mol. The second-order valence-corrected chi connectivity index (χ2v) is 5.09. The van der Waals surface area contributed by atoms with Crippen molar-refractivity contribution in [1.29, 1.82) is 0 Å². The van der Waals surface area contributed by atoms with E-state index >= 15 is 0 Å². The fourth-order valence-electron chi connectivity index (χ4n) is 2.02. The van der Waals surface area contributed by atoms with Crippen molar-refractivity contribution in [3.63, 3.8) is 0 Å². The minimum atomic E-state index is -0.328. The highest BCUT2D eigenvalue weighted by Gasteiger charge is 2.28. The van der Waals surface area contributed by atoms with Gasteiger partial charge in [-0.1, -0.05) is 13.0 Å². The second kappa shape index (κ2) is 6.87. The first-order chi connectivity index (χ1) is 8.94. The van der Waals surface area contributed by atoms with Gasteiger partial charge in [0.1, 0.15) is 0 Å². The van der Waals surface area contributed by atoms with Crippen LogP contribution in [0.1, 0.15) is 26.3 Å². The Balaban J connectivity index is 2.88. The number of benzene rings is 1. The zero-order chi connectivity index (χ0) is 14.5. The summed E-state index contributed by atoms with van der Waals surface area (Å²) in [5.74, 6) is -0.0553. The molecule has 1 unspecified atom stereocenters. The van der Waals surface area contributed by atoms with Crippen LogP contribution in [0.3, 0.4) is 0 Å². The van der Waals surface area contributed by atoms with Crippen LogP contribution < -0.4 is 10.1 Å². The standard InChI is InChI=1S/C15H24FNO2/c1-6-17-14(15(2,3)19-5)10-11-7-8-13(18-4)12(16)9-11/h7-9,14,17H,6,10H2,1-5H3. The lowest BCUT2D eigenvalue weighted by molar-refractivity contribution is -0.00962. The van der Waals surface area contributed by atoms with Crippen molar-refractivity contribution in [2.75, 3.05) is 20.8 Å². The highest BCUT2D eigenvalue weighted by Crippen LogP contribution is 2.22. The van der Waals surface area contributed by atoms with Gasteiger partial charge < -0.3 is 14.8 Å². The first kappa shape index (κ1) is 15.9. The number of hydrogen-bond donors (Lipinski definition) is 1. The van der Waals surface area contributed by atoms with E-state index in [2.05, 4.69) is 5.32 Å². The van der Waals surface area contributed by atoms with Crippen LogP contribution in [-0.2, 0) is 11.2 Å². The van der Waals surface area contributed by atoms with Gasteiger partial charge in [0, 0.05) is 13.2 Å². The zero-order valence-electron chi connectivity index (χ0n) is 12.4. The molecule has 108 valence electrons. The van der Waals surface area contributed by atoms with E-state index in [1.807, 2.05) is 26.8 Å². The van der Waals surface area contributed by atoms with Crippen molar-refractivity contribution >= 4 is 0 Å². The SMILES string of the molecule is CCNC(Cc1ccc(OC)c(F)c1)C(C)(C)OC. The molecule has 19 heavy (non-hydrogen) atoms. The Bertz CT molecular complexity index is 407. The number of methoxy groups -OCH3 is 2. The maximum atomic E-state index is 13.7. The third-order valence-corrected chi connectivity index (χ3v) is 3.47. The molecule has 1 aromatic rings. The topological polar surface area (TPSA) is 30.5 Å². The molecular weight excluding hydrogens is 245 g/mol. The van der Waals surface area contributed by atoms with Crippen molar-refractivity contribution in [2.45, 2.75) is 38.8 Å². The summed E-state index contributed by atoms with van der Waals surface area (Å²) in [5, 5.41) is 3.39. The zero-order valence-corrected chi connectivity index (χ0v) is 12.4. The third-order valence-electron chi connectivity index (χ3n) is 3.47. The van der Waals surface area contributed by atoms with E-state index < -0.39 is 0 Å². The van der Waals surface area contributed by atoms with Gasteiger partial charge in [0.05, 0.1) is 12.7 Å². The molecule has 0 spiro atoms. The molecule has 4 heteroatoms. The summed E-state index contributed by atoms with van der Waals surface area (Å²) in [6.45, 7) is 6.95. The van der Waals surface area contributed by atoms with Crippen LogP contribution in [0.2, 0.25) is 0 Å². The van der Waals surface area contributed by atoms with Gasteiger partial charge >= 0.3 is 0 Å². The van der Waals surface area contributed by atoms with E-state index in [1.54, 1.807) is 13.2 Å². The number of likely N-dealkylation sites (N-methyl/N-ethyl adjacent to an activating group) is 1. The molecule has 0 fully saturated rings. The normalized spacial score (nSPS) is 13.4. The fraction of sp³-hybridized carbons (Fsp3) is 0.600. The molecule has 0 amide bonds. The van der Waals surface area contributed by atoms with Gasteiger partial charge in [-0.2, -0.15) is 0 Å². The maximum absolute atomic E-state index is 13.7. The van der Waals surface area contributed by atoms with Crippen LogP contribution in [0, 0.1) is 5.82 Å². The van der Waals surface area contributed by atoms with E-state index in [0.29, 0.717) is 6.42 Å². The van der Waals surface area contributed by atoms with Gasteiger partial charge in [0.25, 0.3) is 0 Å². The van der Waals surface area contributed by atoms with Crippen molar-refractivity contribution in [3.8, 4) is 5.75 Å². The molecule has 0 saturated carbocycles. The Morgan fingerprint density at radius 3 is 2.47 bits per heavy atom. The number of halogens is 1. The lowest BCUT2D eigenvalue weighted by Crippen LogP contribution is -2.49. The number of nitrogens with one attached hydrogen (secondary N) is 1. The van der Waals surface area contributed by atoms with Crippen molar-refractivity contribution in [3.05, 3.63) is 29.6 Å². The Kier molecular flexibility index (Phi) is 5.76. The van der Waals surface area contributed by atoms with Crippen molar-refractivity contribution < 1.29 is 13.9 Å². The summed E-state index contributed by atoms with van der Waals surface area (Å²) in [4.78, 5) is 0. The molecule has 0 radical (unpaired) electrons. The highest BCUT2D eigenvalue weighted by atomic mass is 19.1. The molecule has 1 atom stereocenters. The first-order valence-electron chi connectivity index (χ1n) is 6.55. The quantitative estimate of drug-likeness (QED) is 0.825. The Morgan fingerprint density at radius 2 is 2.00 bits per heavy atom. The lowest BCUT2D eigenvalue weighted by atomic mass is 9.92. The molecule has 0 bridgehead atoms. The van der Waals surface area contributed by atoms with Crippen LogP contribution in [0.4, 0.5) is 4.39 Å². The molecule has 1 N–H and O–H groups in total. The maximum Gasteiger partial charge on any atom is 0.165 e. The largest absolute Gasteiger partial charge is 0.494 e. The van der Waals surface area contributed by atoms with Crippen molar-refractivity contribution in [1.82, 2.24) is 5.32 Å². The molecule has 1 rings (SSSR count). The minimum Gasteiger partial charge on any atom is -0.494 e. The van der Waals surface area contributed by atoms with Crippen LogP contribution in [0.5, 0.6) is 5.75 Å². The second-order valence-electron chi connectivity index (χ2n) is 5.09. The Hall–Kier alpha value is -1.13. The molecule has 0 saturated heterocycles. The number of ether oxygens (including phenoxy) is 2. The van der Waals surface area contributed by atoms with E-state index in [-0.39, 0.29) is 23.2 Å². The van der Waals surface area contributed by atoms with Crippen LogP contribution in [0.15, 0.2) is 18.2 Å². The molecule has 0 aliphatic carbocycles. The van der Waals surface area contributed by atoms with Crippen LogP contribution >= 0.6 is 0 Å². The molecular formula is C15H24FNO2. The Morgan fingerprint density at radius 1 is 1.32 bits per heavy atom. The van der Waals surface area contributed by atoms with E-state index in [9.17, 15) is 4.39 Å². The lowest BCUT2D eigenvalue weighted by Gasteiger charge is -2.34. The summed E-state index contributed by atoms with van der Waals surface area (Å²) in [6.07, 6.45) is 0.704. The van der Waals surface area contributed by atoms with E-state index in [1.165, 1.54) is 13.2 Å². The minimum absolute atomic E-state index is 0.121. The first-order valence-corrected chi connectivity index (χ1v) is 6.55. The summed E-state index contributed by atoms with van der Waals surface area (Å²) in [6, 6.07) is 5.19. The average Bonchev–Trinajstić information content (AvgIpc) is 2.38. The van der Waals surface area contributed by atoms with Gasteiger partial charge in [-0.3, -0.25) is 0 Å². The Labute approximate surface area is 115 Å². The highest BCUT2D eigenvalue weighted by molar-refractivity contribution is 5.30. The smallest absolute Gasteiger partial charge is 0.165 e. The molecule has 1 aromatic carbocycles. The summed E-state index contributed by atoms with van der Waals surface area (Å²) in [5.41, 5.74) is 0.612. The molecule has 0 aliphatic rings. The molecule has 0 aromatic heterocycles. The number of hydrogen-bond acceptors (Lipinski definition) is 3. The number of rotatable bonds is 7. The van der Waals surface area contributed by atoms with Gasteiger partial charge in [0.15, 0.2) is 11.6 Å². The predicted octanol–water partition coefficient (Wildman–Crippen LogP) is 2.78. The third kappa shape index (κ3) is 4.18. The molecule has 0 heterocycles. The summed E-state index contributed by atoms with van der Waals surface area (Å²) in [7, 11) is 3.16. The fourth-order valence-corrected chi connectivity index (χ4v) is 2.02. The summed E-state index contributed by atoms with van der Waals surface area (Å²) >= 11 is 0. The van der Waals surface area contributed by atoms with Gasteiger partial charge in [-0.25, -0.2) is 4.39 Å². The summed E-state index contributed by atoms with van der Waals surface area (Å²) < 4.78 is 24.1. The monoisotopic (exact) mass is 269 g/mol. The van der Waals surface area contributed by atoms with E-state index in [4.69, 9.17) is 9.47 Å². The van der Waals surface area contributed by atoms with Gasteiger partial charge in [-0.05, 0) is 44.5 Å². The van der Waals surface area contributed by atoms with E-state index in [0.717, 1.165) is 12.1 Å². The van der Waals surface area contributed by atoms with Crippen molar-refractivity contribution in [2.24, 2.45) is 0 Å². The predicted molar refractivity (Wildman–Crippen MR) is 75.2 cm³/mol. The molecule has 3 nitrogen and oxygen atoms in total. The van der Waals surface area contributed by atoms with Crippen LogP contribution in [0.25, 0.3) is 0 Å². The van der Waals surface area contributed by atoms with Gasteiger partial charge in [-0.15, -0.1) is 0 Å². The van der Waals surface area contributed by atoms with Gasteiger partial charge in [0.2, 0.25) is 0 Å². The van der Waals surface area contributed by atoms with Crippen LogP contribution in [-0.4, -0.2) is 32.4 Å². The molecule has 0 aliphatic heterocycles.